The van der Waals surface area contributed by atoms with Crippen LogP contribution < -0.4 is 5.32 Å². The number of benzene rings is 1. The summed E-state index contributed by atoms with van der Waals surface area (Å²) >= 11 is 0. The third-order valence-corrected chi connectivity index (χ3v) is 2.90. The molecule has 1 unspecified atom stereocenters. The van der Waals surface area contributed by atoms with Crippen LogP contribution in [0.25, 0.3) is 0 Å². The molecule has 0 radical (unpaired) electrons. The van der Waals surface area contributed by atoms with Gasteiger partial charge in [0.1, 0.15) is 5.82 Å². The topological polar surface area (TPSA) is 38.3 Å². The van der Waals surface area contributed by atoms with E-state index in [1.807, 2.05) is 0 Å². The lowest BCUT2D eigenvalue weighted by Crippen LogP contribution is -2.25. The fourth-order valence-corrected chi connectivity index (χ4v) is 2.03. The Bertz CT molecular complexity index is 439. The summed E-state index contributed by atoms with van der Waals surface area (Å²) < 4.78 is 17.6. The number of hydrogen-bond donors (Lipinski definition) is 1. The van der Waals surface area contributed by atoms with Gasteiger partial charge in [-0.05, 0) is 24.1 Å². The highest BCUT2D eigenvalue weighted by molar-refractivity contribution is 5.90. The van der Waals surface area contributed by atoms with E-state index in [1.54, 1.807) is 18.3 Å². The van der Waals surface area contributed by atoms with Crippen LogP contribution in [0.15, 0.2) is 36.0 Å². The van der Waals surface area contributed by atoms with Crippen molar-refractivity contribution >= 4 is 5.97 Å². The molecule has 1 heterocycles. The molecule has 1 aromatic carbocycles. The fourth-order valence-electron chi connectivity index (χ4n) is 2.03. The van der Waals surface area contributed by atoms with Gasteiger partial charge in [-0.3, -0.25) is 0 Å². The van der Waals surface area contributed by atoms with Gasteiger partial charge in [-0.15, -0.1) is 0 Å². The van der Waals surface area contributed by atoms with Gasteiger partial charge < -0.3 is 10.1 Å². The van der Waals surface area contributed by atoms with Crippen molar-refractivity contribution in [3.05, 3.63) is 47.4 Å². The molecule has 0 spiro atoms. The molecule has 2 rings (SSSR count). The molecule has 0 amide bonds. The molecule has 1 aromatic rings. The van der Waals surface area contributed by atoms with Crippen LogP contribution >= 0.6 is 0 Å². The van der Waals surface area contributed by atoms with E-state index in [1.165, 1.54) is 19.2 Å². The molecule has 0 saturated heterocycles. The Kier molecular flexibility index (Phi) is 3.42. The maximum absolute atomic E-state index is 12.9. The van der Waals surface area contributed by atoms with Crippen molar-refractivity contribution in [3.8, 4) is 0 Å². The zero-order chi connectivity index (χ0) is 12.3. The Hall–Kier alpha value is -1.84. The van der Waals surface area contributed by atoms with Crippen LogP contribution in [0.4, 0.5) is 4.39 Å². The quantitative estimate of drug-likeness (QED) is 0.796. The molecule has 0 aliphatic carbocycles. The van der Waals surface area contributed by atoms with Gasteiger partial charge in [0.25, 0.3) is 0 Å². The zero-order valence-corrected chi connectivity index (χ0v) is 9.57. The molecule has 17 heavy (non-hydrogen) atoms. The SMILES string of the molecule is COC(=O)C1=CNCCC1c1ccc(F)cc1. The number of carbonyl (C=O) groups excluding carboxylic acids is 1. The highest BCUT2D eigenvalue weighted by Crippen LogP contribution is 2.30. The molecule has 4 heteroatoms. The van der Waals surface area contributed by atoms with Gasteiger partial charge in [0.05, 0.1) is 12.7 Å². The number of rotatable bonds is 2. The lowest BCUT2D eigenvalue weighted by atomic mass is 9.87. The van der Waals surface area contributed by atoms with Crippen molar-refractivity contribution in [3.63, 3.8) is 0 Å². The van der Waals surface area contributed by atoms with Crippen LogP contribution in [0.1, 0.15) is 17.9 Å². The highest BCUT2D eigenvalue weighted by Gasteiger charge is 2.25. The first-order valence-electron chi connectivity index (χ1n) is 5.49. The molecule has 1 aliphatic heterocycles. The van der Waals surface area contributed by atoms with Crippen molar-refractivity contribution < 1.29 is 13.9 Å². The average Bonchev–Trinajstić information content (AvgIpc) is 2.39. The van der Waals surface area contributed by atoms with E-state index in [0.717, 1.165) is 18.5 Å². The molecule has 3 nitrogen and oxygen atoms in total. The number of halogens is 1. The van der Waals surface area contributed by atoms with E-state index in [0.29, 0.717) is 5.57 Å². The number of carbonyl (C=O) groups is 1. The second-order valence-corrected chi connectivity index (χ2v) is 3.94. The van der Waals surface area contributed by atoms with Crippen molar-refractivity contribution in [2.75, 3.05) is 13.7 Å². The smallest absolute Gasteiger partial charge is 0.335 e. The Morgan fingerprint density at radius 3 is 2.76 bits per heavy atom. The molecular formula is C13H14FNO2. The van der Waals surface area contributed by atoms with Crippen molar-refractivity contribution in [1.29, 1.82) is 0 Å². The van der Waals surface area contributed by atoms with Crippen LogP contribution in [-0.4, -0.2) is 19.6 Å². The molecule has 0 aromatic heterocycles. The second kappa shape index (κ2) is 4.99. The normalized spacial score (nSPS) is 19.2. The molecular weight excluding hydrogens is 221 g/mol. The minimum atomic E-state index is -0.341. The summed E-state index contributed by atoms with van der Waals surface area (Å²) in [4.78, 5) is 11.6. The summed E-state index contributed by atoms with van der Waals surface area (Å²) in [6.07, 6.45) is 2.48. The van der Waals surface area contributed by atoms with Crippen molar-refractivity contribution in [2.45, 2.75) is 12.3 Å². The van der Waals surface area contributed by atoms with E-state index >= 15 is 0 Å². The third kappa shape index (κ3) is 2.46. The van der Waals surface area contributed by atoms with Crippen LogP contribution in [-0.2, 0) is 9.53 Å². The number of nitrogens with one attached hydrogen (secondary N) is 1. The molecule has 1 N–H and O–H groups in total. The lowest BCUT2D eigenvalue weighted by Gasteiger charge is -2.23. The predicted octanol–water partition coefficient (Wildman–Crippen LogP) is 1.96. The predicted molar refractivity (Wildman–Crippen MR) is 61.9 cm³/mol. The average molecular weight is 235 g/mol. The number of methoxy groups -OCH3 is 1. The largest absolute Gasteiger partial charge is 0.466 e. The van der Waals surface area contributed by atoms with E-state index in [4.69, 9.17) is 4.74 Å². The van der Waals surface area contributed by atoms with Gasteiger partial charge in [-0.1, -0.05) is 12.1 Å². The van der Waals surface area contributed by atoms with Crippen molar-refractivity contribution in [2.24, 2.45) is 0 Å². The summed E-state index contributed by atoms with van der Waals surface area (Å²) in [5.41, 5.74) is 1.52. The maximum Gasteiger partial charge on any atom is 0.335 e. The third-order valence-electron chi connectivity index (χ3n) is 2.90. The van der Waals surface area contributed by atoms with Gasteiger partial charge >= 0.3 is 5.97 Å². The first-order valence-corrected chi connectivity index (χ1v) is 5.49. The first kappa shape index (κ1) is 11.6. The molecule has 0 saturated carbocycles. The first-order chi connectivity index (χ1) is 8.22. The Morgan fingerprint density at radius 1 is 1.41 bits per heavy atom. The molecule has 1 atom stereocenters. The minimum Gasteiger partial charge on any atom is -0.466 e. The van der Waals surface area contributed by atoms with Crippen LogP contribution in [0.2, 0.25) is 0 Å². The summed E-state index contributed by atoms with van der Waals surface area (Å²) in [5.74, 6) is -0.637. The number of esters is 1. The van der Waals surface area contributed by atoms with Crippen LogP contribution in [0.5, 0.6) is 0 Å². The van der Waals surface area contributed by atoms with Crippen LogP contribution in [0.3, 0.4) is 0 Å². The van der Waals surface area contributed by atoms with E-state index < -0.39 is 0 Å². The monoisotopic (exact) mass is 235 g/mol. The number of ether oxygens (including phenoxy) is 1. The molecule has 90 valence electrons. The standard InChI is InChI=1S/C13H14FNO2/c1-17-13(16)12-8-15-7-6-11(12)9-2-4-10(14)5-3-9/h2-5,8,11,15H,6-7H2,1H3. The van der Waals surface area contributed by atoms with E-state index in [9.17, 15) is 9.18 Å². The maximum atomic E-state index is 12.9. The number of hydrogen-bond acceptors (Lipinski definition) is 3. The van der Waals surface area contributed by atoms with Gasteiger partial charge in [-0.25, -0.2) is 9.18 Å². The summed E-state index contributed by atoms with van der Waals surface area (Å²) in [6, 6.07) is 6.24. The Labute approximate surface area is 99.3 Å². The van der Waals surface area contributed by atoms with Gasteiger partial charge in [0.2, 0.25) is 0 Å². The summed E-state index contributed by atoms with van der Waals surface area (Å²) in [6.45, 7) is 0.794. The minimum absolute atomic E-state index is 0.0238. The summed E-state index contributed by atoms with van der Waals surface area (Å²) in [7, 11) is 1.36. The summed E-state index contributed by atoms with van der Waals surface area (Å²) in [5, 5.41) is 3.02. The van der Waals surface area contributed by atoms with E-state index in [-0.39, 0.29) is 17.7 Å². The lowest BCUT2D eigenvalue weighted by molar-refractivity contribution is -0.136. The van der Waals surface area contributed by atoms with Gasteiger partial charge in [0.15, 0.2) is 0 Å². The Morgan fingerprint density at radius 2 is 2.12 bits per heavy atom. The molecule has 1 aliphatic rings. The van der Waals surface area contributed by atoms with E-state index in [2.05, 4.69) is 5.32 Å². The van der Waals surface area contributed by atoms with Gasteiger partial charge in [-0.2, -0.15) is 0 Å². The Balaban J connectivity index is 2.29. The molecule has 0 bridgehead atoms. The highest BCUT2D eigenvalue weighted by atomic mass is 19.1. The fraction of sp³-hybridized carbons (Fsp3) is 0.308. The molecule has 0 fully saturated rings. The van der Waals surface area contributed by atoms with Crippen LogP contribution in [0, 0.1) is 5.82 Å². The van der Waals surface area contributed by atoms with Crippen molar-refractivity contribution in [1.82, 2.24) is 5.32 Å². The second-order valence-electron chi connectivity index (χ2n) is 3.94. The van der Waals surface area contributed by atoms with Gasteiger partial charge in [0, 0.05) is 18.7 Å². The zero-order valence-electron chi connectivity index (χ0n) is 9.57.